The van der Waals surface area contributed by atoms with Gasteiger partial charge in [-0.15, -0.1) is 11.3 Å². The largest absolute Gasteiger partial charge is 0.310 e. The fourth-order valence-corrected chi connectivity index (χ4v) is 11.0. The fraction of sp³-hybridized carbons (Fsp3) is 0.111. The summed E-state index contributed by atoms with van der Waals surface area (Å²) in [7, 11) is 0. The number of rotatable bonds is 5. The van der Waals surface area contributed by atoms with Gasteiger partial charge in [0.25, 0.3) is 0 Å². The van der Waals surface area contributed by atoms with E-state index in [-0.39, 0.29) is 10.8 Å². The van der Waals surface area contributed by atoms with Gasteiger partial charge in [0.2, 0.25) is 0 Å². The van der Waals surface area contributed by atoms with Crippen molar-refractivity contribution in [1.82, 2.24) is 0 Å². The first kappa shape index (κ1) is 33.1. The van der Waals surface area contributed by atoms with Crippen LogP contribution >= 0.6 is 11.3 Å². The quantitative estimate of drug-likeness (QED) is 0.170. The Morgan fingerprint density at radius 3 is 1.75 bits per heavy atom. The van der Waals surface area contributed by atoms with Crippen molar-refractivity contribution in [1.29, 1.82) is 0 Å². The van der Waals surface area contributed by atoms with Crippen molar-refractivity contribution in [2.45, 2.75) is 38.5 Å². The first-order chi connectivity index (χ1) is 27.3. The summed E-state index contributed by atoms with van der Waals surface area (Å²) in [5.41, 5.74) is 19.2. The third-order valence-corrected chi connectivity index (χ3v) is 13.8. The maximum Gasteiger partial charge on any atom is 0.0467 e. The minimum absolute atomic E-state index is 0.0826. The van der Waals surface area contributed by atoms with E-state index in [1.54, 1.807) is 0 Å². The van der Waals surface area contributed by atoms with Crippen LogP contribution in [0.4, 0.5) is 17.1 Å². The van der Waals surface area contributed by atoms with Gasteiger partial charge in [-0.25, -0.2) is 0 Å². The molecule has 0 amide bonds. The van der Waals surface area contributed by atoms with E-state index in [2.05, 4.69) is 209 Å². The highest BCUT2D eigenvalue weighted by molar-refractivity contribution is 7.25. The van der Waals surface area contributed by atoms with Gasteiger partial charge in [-0.05, 0) is 121 Å². The number of benzene rings is 8. The molecule has 1 aromatic heterocycles. The van der Waals surface area contributed by atoms with Gasteiger partial charge in [0, 0.05) is 48.1 Å². The molecular weight excluding hydrogens is 695 g/mol. The Morgan fingerprint density at radius 2 is 0.929 bits per heavy atom. The third kappa shape index (κ3) is 4.85. The van der Waals surface area contributed by atoms with Crippen molar-refractivity contribution >= 4 is 48.6 Å². The zero-order valence-corrected chi connectivity index (χ0v) is 32.9. The molecule has 0 bridgehead atoms. The van der Waals surface area contributed by atoms with Crippen LogP contribution in [0.1, 0.15) is 49.9 Å². The molecule has 0 N–H and O–H groups in total. The summed E-state index contributed by atoms with van der Waals surface area (Å²) >= 11 is 1.87. The molecule has 268 valence electrons. The van der Waals surface area contributed by atoms with Crippen molar-refractivity contribution < 1.29 is 0 Å². The molecule has 9 aromatic rings. The van der Waals surface area contributed by atoms with E-state index < -0.39 is 0 Å². The van der Waals surface area contributed by atoms with Crippen LogP contribution in [-0.2, 0) is 10.8 Å². The number of fused-ring (bicyclic) bond motifs is 9. The predicted octanol–water partition coefficient (Wildman–Crippen LogP) is 15.5. The smallest absolute Gasteiger partial charge is 0.0467 e. The zero-order chi connectivity index (χ0) is 37.8. The van der Waals surface area contributed by atoms with Gasteiger partial charge in [-0.1, -0.05) is 149 Å². The molecule has 1 heterocycles. The number of anilines is 3. The number of hydrogen-bond acceptors (Lipinski definition) is 2. The summed E-state index contributed by atoms with van der Waals surface area (Å²) in [5, 5.41) is 2.64. The first-order valence-corrected chi connectivity index (χ1v) is 20.5. The number of nitrogens with zero attached hydrogens (tertiary/aromatic N) is 1. The standard InChI is InChI=1S/C54H41NS/c1-53(2)47-20-8-5-15-41(47)43-29-28-39(33-49(43)53)55(38-14-11-13-35(31-38)36-25-30-51-46(32-36)44-17-7-10-22-50(44)56-51)37-26-23-34(24-27-37)40-18-12-19-45-42-16-6-9-21-48(42)54(3,4)52(40)45/h5-33H,1-4H3. The second kappa shape index (κ2) is 12.1. The van der Waals surface area contributed by atoms with E-state index in [1.165, 1.54) is 86.9 Å². The van der Waals surface area contributed by atoms with Crippen molar-refractivity contribution in [3.63, 3.8) is 0 Å². The number of hydrogen-bond donors (Lipinski definition) is 0. The lowest BCUT2D eigenvalue weighted by Crippen LogP contribution is -2.16. The van der Waals surface area contributed by atoms with E-state index in [9.17, 15) is 0 Å². The Balaban J connectivity index is 1.05. The summed E-state index contributed by atoms with van der Waals surface area (Å²) < 4.78 is 2.66. The Kier molecular flexibility index (Phi) is 7.18. The minimum atomic E-state index is -0.101. The van der Waals surface area contributed by atoms with Crippen LogP contribution in [-0.4, -0.2) is 0 Å². The molecule has 2 aliphatic carbocycles. The van der Waals surface area contributed by atoms with Crippen molar-refractivity contribution in [3.05, 3.63) is 198 Å². The van der Waals surface area contributed by atoms with E-state index in [4.69, 9.17) is 0 Å². The van der Waals surface area contributed by atoms with E-state index in [1.807, 2.05) is 11.3 Å². The second-order valence-electron chi connectivity index (χ2n) is 16.5. The highest BCUT2D eigenvalue weighted by Crippen LogP contribution is 2.53. The first-order valence-electron chi connectivity index (χ1n) is 19.7. The van der Waals surface area contributed by atoms with Crippen molar-refractivity contribution in [2.24, 2.45) is 0 Å². The third-order valence-electron chi connectivity index (χ3n) is 12.7. The van der Waals surface area contributed by atoms with Crippen LogP contribution in [0.25, 0.3) is 64.7 Å². The maximum absolute atomic E-state index is 2.44. The molecular formula is C54H41NS. The topological polar surface area (TPSA) is 3.24 Å². The molecule has 0 aliphatic heterocycles. The Morgan fingerprint density at radius 1 is 0.357 bits per heavy atom. The van der Waals surface area contributed by atoms with Gasteiger partial charge in [0.05, 0.1) is 0 Å². The summed E-state index contributed by atoms with van der Waals surface area (Å²) in [6, 6.07) is 65.8. The van der Waals surface area contributed by atoms with Gasteiger partial charge in [-0.2, -0.15) is 0 Å². The Hall–Kier alpha value is -6.22. The summed E-state index contributed by atoms with van der Waals surface area (Å²) in [6.07, 6.45) is 0. The molecule has 2 heteroatoms. The van der Waals surface area contributed by atoms with Crippen LogP contribution in [0.5, 0.6) is 0 Å². The molecule has 0 fully saturated rings. The molecule has 0 atom stereocenters. The van der Waals surface area contributed by atoms with Gasteiger partial charge >= 0.3 is 0 Å². The molecule has 0 radical (unpaired) electrons. The molecule has 11 rings (SSSR count). The SMILES string of the molecule is CC1(C)c2ccccc2-c2ccc(N(c3ccc(-c4cccc5c4C(C)(C)c4ccccc4-5)cc3)c3cccc(-c4ccc5sc6ccccc6c5c4)c3)cc21. The van der Waals surface area contributed by atoms with Crippen LogP contribution in [0.15, 0.2) is 176 Å². The maximum atomic E-state index is 2.44. The van der Waals surface area contributed by atoms with E-state index >= 15 is 0 Å². The number of thiophene rings is 1. The molecule has 8 aromatic carbocycles. The Labute approximate surface area is 333 Å². The highest BCUT2D eigenvalue weighted by atomic mass is 32.1. The normalized spacial score (nSPS) is 14.4. The highest BCUT2D eigenvalue weighted by Gasteiger charge is 2.38. The van der Waals surface area contributed by atoms with Crippen LogP contribution in [0, 0.1) is 0 Å². The fourth-order valence-electron chi connectivity index (χ4n) is 9.89. The van der Waals surface area contributed by atoms with E-state index in [0.29, 0.717) is 0 Å². The summed E-state index contributed by atoms with van der Waals surface area (Å²) in [6.45, 7) is 9.47. The molecule has 2 aliphatic rings. The van der Waals surface area contributed by atoms with Crippen LogP contribution < -0.4 is 4.90 Å². The summed E-state index contributed by atoms with van der Waals surface area (Å²) in [4.78, 5) is 2.44. The van der Waals surface area contributed by atoms with Crippen LogP contribution in [0.3, 0.4) is 0 Å². The summed E-state index contributed by atoms with van der Waals surface area (Å²) in [5.74, 6) is 0. The van der Waals surface area contributed by atoms with Gasteiger partial charge < -0.3 is 4.90 Å². The van der Waals surface area contributed by atoms with Gasteiger partial charge in [0.1, 0.15) is 0 Å². The lowest BCUT2D eigenvalue weighted by atomic mass is 9.79. The monoisotopic (exact) mass is 735 g/mol. The van der Waals surface area contributed by atoms with Crippen LogP contribution in [0.2, 0.25) is 0 Å². The Bertz CT molecular complexity index is 3030. The molecule has 1 nitrogen and oxygen atoms in total. The van der Waals surface area contributed by atoms with Crippen molar-refractivity contribution in [2.75, 3.05) is 4.90 Å². The lowest BCUT2D eigenvalue weighted by Gasteiger charge is -2.29. The molecule has 56 heavy (non-hydrogen) atoms. The zero-order valence-electron chi connectivity index (χ0n) is 32.1. The van der Waals surface area contributed by atoms with E-state index in [0.717, 1.165) is 17.1 Å². The molecule has 0 spiro atoms. The molecule has 0 saturated heterocycles. The lowest BCUT2D eigenvalue weighted by molar-refractivity contribution is 0.660. The van der Waals surface area contributed by atoms with Gasteiger partial charge in [-0.3, -0.25) is 0 Å². The second-order valence-corrected chi connectivity index (χ2v) is 17.6. The van der Waals surface area contributed by atoms with Gasteiger partial charge in [0.15, 0.2) is 0 Å². The minimum Gasteiger partial charge on any atom is -0.310 e. The molecule has 0 saturated carbocycles. The van der Waals surface area contributed by atoms with Crippen molar-refractivity contribution in [3.8, 4) is 44.5 Å². The average Bonchev–Trinajstić information content (AvgIpc) is 3.81. The predicted molar refractivity (Wildman–Crippen MR) is 240 cm³/mol. The molecule has 0 unspecified atom stereocenters. The average molecular weight is 736 g/mol.